The number of thiophene rings is 1. The van der Waals surface area contributed by atoms with E-state index in [9.17, 15) is 0 Å². The molecule has 0 radical (unpaired) electrons. The fourth-order valence-electron chi connectivity index (χ4n) is 1.71. The molecule has 2 aromatic heterocycles. The SMILES string of the molecule is CNC(C=C(C)C)c1cnc2ccsc2c1. The van der Waals surface area contributed by atoms with Crippen LogP contribution in [0.3, 0.4) is 0 Å². The zero-order valence-electron chi connectivity index (χ0n) is 9.82. The molecule has 3 heteroatoms. The van der Waals surface area contributed by atoms with Crippen LogP contribution in [-0.4, -0.2) is 12.0 Å². The van der Waals surface area contributed by atoms with Crippen LogP contribution in [0.15, 0.2) is 35.4 Å². The lowest BCUT2D eigenvalue weighted by molar-refractivity contribution is 0.708. The molecule has 2 heterocycles. The summed E-state index contributed by atoms with van der Waals surface area (Å²) >= 11 is 1.74. The van der Waals surface area contributed by atoms with Crippen molar-refractivity contribution >= 4 is 21.6 Å². The molecule has 0 fully saturated rings. The number of pyridine rings is 1. The van der Waals surface area contributed by atoms with Crippen molar-refractivity contribution in [1.82, 2.24) is 10.3 Å². The van der Waals surface area contributed by atoms with Crippen LogP contribution in [0.2, 0.25) is 0 Å². The molecule has 0 aliphatic rings. The first-order valence-corrected chi connectivity index (χ1v) is 6.24. The Labute approximate surface area is 100 Å². The van der Waals surface area contributed by atoms with E-state index in [0.717, 1.165) is 5.52 Å². The summed E-state index contributed by atoms with van der Waals surface area (Å²) in [6.07, 6.45) is 4.17. The lowest BCUT2D eigenvalue weighted by Crippen LogP contribution is -2.14. The number of aromatic nitrogens is 1. The summed E-state index contributed by atoms with van der Waals surface area (Å²) < 4.78 is 1.25. The van der Waals surface area contributed by atoms with Gasteiger partial charge in [-0.05, 0) is 44.0 Å². The lowest BCUT2D eigenvalue weighted by atomic mass is 10.1. The average molecular weight is 232 g/mol. The number of hydrogen-bond acceptors (Lipinski definition) is 3. The van der Waals surface area contributed by atoms with Crippen molar-refractivity contribution in [3.8, 4) is 0 Å². The van der Waals surface area contributed by atoms with Crippen LogP contribution in [-0.2, 0) is 0 Å². The molecule has 2 aromatic rings. The second-order valence-corrected chi connectivity index (χ2v) is 5.03. The first kappa shape index (κ1) is 11.3. The zero-order valence-corrected chi connectivity index (χ0v) is 10.6. The molecule has 1 unspecified atom stereocenters. The molecular formula is C13H16N2S. The summed E-state index contributed by atoms with van der Waals surface area (Å²) in [7, 11) is 1.97. The summed E-state index contributed by atoms with van der Waals surface area (Å²) in [5.41, 5.74) is 3.62. The number of hydrogen-bond donors (Lipinski definition) is 1. The Morgan fingerprint density at radius 2 is 2.31 bits per heavy atom. The second-order valence-electron chi connectivity index (χ2n) is 4.08. The molecule has 0 aliphatic carbocycles. The Morgan fingerprint density at radius 1 is 1.50 bits per heavy atom. The van der Waals surface area contributed by atoms with Crippen molar-refractivity contribution in [1.29, 1.82) is 0 Å². The minimum atomic E-state index is 0.254. The molecule has 2 rings (SSSR count). The molecule has 0 saturated carbocycles. The molecule has 2 nitrogen and oxygen atoms in total. The summed E-state index contributed by atoms with van der Waals surface area (Å²) in [6, 6.07) is 4.52. The highest BCUT2D eigenvalue weighted by Gasteiger charge is 2.07. The zero-order chi connectivity index (χ0) is 11.5. The van der Waals surface area contributed by atoms with E-state index in [4.69, 9.17) is 0 Å². The molecule has 0 bridgehead atoms. The van der Waals surface area contributed by atoms with Crippen molar-refractivity contribution < 1.29 is 0 Å². The van der Waals surface area contributed by atoms with E-state index in [-0.39, 0.29) is 6.04 Å². The van der Waals surface area contributed by atoms with Crippen LogP contribution in [0.25, 0.3) is 10.2 Å². The van der Waals surface area contributed by atoms with Gasteiger partial charge in [0.25, 0.3) is 0 Å². The van der Waals surface area contributed by atoms with Crippen LogP contribution >= 0.6 is 11.3 Å². The van der Waals surface area contributed by atoms with Crippen molar-refractivity contribution in [3.63, 3.8) is 0 Å². The van der Waals surface area contributed by atoms with E-state index in [0.29, 0.717) is 0 Å². The first-order valence-electron chi connectivity index (χ1n) is 5.36. The lowest BCUT2D eigenvalue weighted by Gasteiger charge is -2.12. The molecular weight excluding hydrogens is 216 g/mol. The Bertz CT molecular complexity index is 509. The van der Waals surface area contributed by atoms with Crippen molar-refractivity contribution in [2.24, 2.45) is 0 Å². The van der Waals surface area contributed by atoms with Gasteiger partial charge in [-0.15, -0.1) is 11.3 Å². The molecule has 1 N–H and O–H groups in total. The third-order valence-electron chi connectivity index (χ3n) is 2.49. The van der Waals surface area contributed by atoms with Gasteiger partial charge in [0, 0.05) is 6.20 Å². The Kier molecular flexibility index (Phi) is 3.36. The highest BCUT2D eigenvalue weighted by Crippen LogP contribution is 2.23. The maximum atomic E-state index is 4.46. The van der Waals surface area contributed by atoms with Crippen LogP contribution in [0.5, 0.6) is 0 Å². The molecule has 0 aromatic carbocycles. The van der Waals surface area contributed by atoms with Crippen molar-refractivity contribution in [2.45, 2.75) is 19.9 Å². The van der Waals surface area contributed by atoms with Gasteiger partial charge in [0.15, 0.2) is 0 Å². The van der Waals surface area contributed by atoms with Crippen molar-refractivity contribution in [3.05, 3.63) is 40.9 Å². The van der Waals surface area contributed by atoms with Gasteiger partial charge >= 0.3 is 0 Å². The summed E-state index contributed by atoms with van der Waals surface area (Å²) in [5.74, 6) is 0. The van der Waals surface area contributed by atoms with Gasteiger partial charge in [0.2, 0.25) is 0 Å². The Morgan fingerprint density at radius 3 is 3.00 bits per heavy atom. The highest BCUT2D eigenvalue weighted by atomic mass is 32.1. The molecule has 84 valence electrons. The average Bonchev–Trinajstić information content (AvgIpc) is 2.72. The highest BCUT2D eigenvalue weighted by molar-refractivity contribution is 7.17. The monoisotopic (exact) mass is 232 g/mol. The summed E-state index contributed by atoms with van der Waals surface area (Å²) in [6.45, 7) is 4.23. The fourth-order valence-corrected chi connectivity index (χ4v) is 2.50. The van der Waals surface area contributed by atoms with E-state index >= 15 is 0 Å². The Hall–Kier alpha value is -1.19. The summed E-state index contributed by atoms with van der Waals surface area (Å²) in [4.78, 5) is 4.46. The molecule has 0 aliphatic heterocycles. The fraction of sp³-hybridized carbons (Fsp3) is 0.308. The number of likely N-dealkylation sites (N-methyl/N-ethyl adjacent to an activating group) is 1. The van der Waals surface area contributed by atoms with Crippen LogP contribution in [0, 0.1) is 0 Å². The quantitative estimate of drug-likeness (QED) is 0.819. The van der Waals surface area contributed by atoms with E-state index in [1.807, 2.05) is 13.2 Å². The predicted molar refractivity (Wildman–Crippen MR) is 70.9 cm³/mol. The van der Waals surface area contributed by atoms with Gasteiger partial charge in [-0.25, -0.2) is 0 Å². The third-order valence-corrected chi connectivity index (χ3v) is 3.35. The first-order chi connectivity index (χ1) is 7.70. The normalized spacial score (nSPS) is 12.7. The van der Waals surface area contributed by atoms with Crippen LogP contribution in [0.4, 0.5) is 0 Å². The minimum Gasteiger partial charge on any atom is -0.310 e. The van der Waals surface area contributed by atoms with E-state index in [1.165, 1.54) is 15.8 Å². The maximum absolute atomic E-state index is 4.46. The van der Waals surface area contributed by atoms with E-state index in [1.54, 1.807) is 11.3 Å². The molecule has 0 amide bonds. The largest absolute Gasteiger partial charge is 0.310 e. The number of fused-ring (bicyclic) bond motifs is 1. The number of nitrogens with zero attached hydrogens (tertiary/aromatic N) is 1. The van der Waals surface area contributed by atoms with E-state index in [2.05, 4.69) is 47.7 Å². The molecule has 0 spiro atoms. The third kappa shape index (κ3) is 2.31. The predicted octanol–water partition coefficient (Wildman–Crippen LogP) is 3.52. The number of rotatable bonds is 3. The molecule has 0 saturated heterocycles. The van der Waals surface area contributed by atoms with Gasteiger partial charge in [-0.3, -0.25) is 4.98 Å². The van der Waals surface area contributed by atoms with Crippen LogP contribution < -0.4 is 5.32 Å². The number of allylic oxidation sites excluding steroid dienone is 1. The smallest absolute Gasteiger partial charge is 0.0809 e. The summed E-state index contributed by atoms with van der Waals surface area (Å²) in [5, 5.41) is 5.37. The number of nitrogens with one attached hydrogen (secondary N) is 1. The second kappa shape index (κ2) is 4.76. The van der Waals surface area contributed by atoms with E-state index < -0.39 is 0 Å². The topological polar surface area (TPSA) is 24.9 Å². The minimum absolute atomic E-state index is 0.254. The van der Waals surface area contributed by atoms with Gasteiger partial charge in [-0.1, -0.05) is 11.6 Å². The molecule has 16 heavy (non-hydrogen) atoms. The van der Waals surface area contributed by atoms with Gasteiger partial charge in [0.05, 0.1) is 16.3 Å². The Balaban J connectivity index is 2.40. The van der Waals surface area contributed by atoms with Gasteiger partial charge in [0.1, 0.15) is 0 Å². The maximum Gasteiger partial charge on any atom is 0.0809 e. The molecule has 1 atom stereocenters. The van der Waals surface area contributed by atoms with Crippen molar-refractivity contribution in [2.75, 3.05) is 7.05 Å². The standard InChI is InChI=1S/C13H16N2S/c1-9(2)6-12(14-3)10-7-13-11(15-8-10)4-5-16-13/h4-8,12,14H,1-3H3. The van der Waals surface area contributed by atoms with Crippen LogP contribution in [0.1, 0.15) is 25.5 Å². The van der Waals surface area contributed by atoms with Gasteiger partial charge in [-0.2, -0.15) is 0 Å². The van der Waals surface area contributed by atoms with Gasteiger partial charge < -0.3 is 5.32 Å².